The number of hydrogen-bond acceptors (Lipinski definition) is 5. The Kier molecular flexibility index (Phi) is 3.89. The molecule has 1 aliphatic heterocycles. The largest absolute Gasteiger partial charge is 0.466 e. The Morgan fingerprint density at radius 3 is 2.59 bits per heavy atom. The molecule has 8 heteroatoms. The number of rotatable bonds is 3. The highest BCUT2D eigenvalue weighted by molar-refractivity contribution is 7.89. The van der Waals surface area contributed by atoms with Crippen LogP contribution in [0.1, 0.15) is 13.3 Å². The Bertz CT molecular complexity index is 468. The van der Waals surface area contributed by atoms with Gasteiger partial charge in [-0.05, 0) is 6.92 Å². The molecule has 1 heterocycles. The molecule has 17 heavy (non-hydrogen) atoms. The highest BCUT2D eigenvalue weighted by Gasteiger charge is 2.37. The maximum absolute atomic E-state index is 11.6. The monoisotopic (exact) mass is 262 g/mol. The summed E-state index contributed by atoms with van der Waals surface area (Å²) in [6.07, 6.45) is 0.967. The normalized spacial score (nSPS) is 21.8. The van der Waals surface area contributed by atoms with Crippen LogP contribution in [0.3, 0.4) is 0 Å². The zero-order valence-corrected chi connectivity index (χ0v) is 10.4. The second-order valence-electron chi connectivity index (χ2n) is 3.73. The number of nitrogens with two attached hydrogens (primary N) is 1. The number of carbonyl (C=O) groups is 2. The van der Waals surface area contributed by atoms with E-state index < -0.39 is 21.2 Å². The topological polar surface area (TPSA) is 107 Å². The number of methoxy groups -OCH3 is 1. The van der Waals surface area contributed by atoms with Crippen molar-refractivity contribution in [2.75, 3.05) is 13.7 Å². The van der Waals surface area contributed by atoms with E-state index in [0.717, 1.165) is 6.08 Å². The van der Waals surface area contributed by atoms with Gasteiger partial charge in [0.15, 0.2) is 0 Å². The summed E-state index contributed by atoms with van der Waals surface area (Å²) in [5, 5.41) is 4.05. The third kappa shape index (κ3) is 3.27. The van der Waals surface area contributed by atoms with Gasteiger partial charge in [-0.2, -0.15) is 0 Å². The van der Waals surface area contributed by atoms with Crippen molar-refractivity contribution in [2.24, 2.45) is 5.14 Å². The molecule has 0 bridgehead atoms. The molecule has 7 nitrogen and oxygen atoms in total. The van der Waals surface area contributed by atoms with Crippen LogP contribution in [-0.2, 0) is 24.3 Å². The Balaban J connectivity index is 2.85. The molecule has 0 spiro atoms. The second kappa shape index (κ2) is 4.84. The lowest BCUT2D eigenvalue weighted by atomic mass is 10.4. The van der Waals surface area contributed by atoms with Gasteiger partial charge in [-0.15, -0.1) is 0 Å². The van der Waals surface area contributed by atoms with Crippen molar-refractivity contribution in [3.05, 3.63) is 11.8 Å². The number of allylic oxidation sites excluding steroid dienone is 1. The maximum Gasteiger partial charge on any atom is 0.332 e. The summed E-state index contributed by atoms with van der Waals surface area (Å²) in [6.45, 7) is 1.50. The molecule has 1 amide bonds. The third-order valence-corrected chi connectivity index (χ3v) is 3.75. The number of carbonyl (C=O) groups excluding carboxylic acids is 2. The summed E-state index contributed by atoms with van der Waals surface area (Å²) in [7, 11) is -2.53. The Labute approximate surface area is 99.3 Å². The van der Waals surface area contributed by atoms with Crippen LogP contribution < -0.4 is 5.14 Å². The van der Waals surface area contributed by atoms with Gasteiger partial charge in [-0.1, -0.05) is 0 Å². The van der Waals surface area contributed by atoms with E-state index in [9.17, 15) is 18.0 Å². The fourth-order valence-electron chi connectivity index (χ4n) is 1.54. The van der Waals surface area contributed by atoms with Gasteiger partial charge in [0.25, 0.3) is 0 Å². The summed E-state index contributed by atoms with van der Waals surface area (Å²) in [6, 6.07) is 0. The predicted molar refractivity (Wildman–Crippen MR) is 59.0 cm³/mol. The van der Waals surface area contributed by atoms with Gasteiger partial charge in [0, 0.05) is 24.7 Å². The molecule has 1 rings (SSSR count). The summed E-state index contributed by atoms with van der Waals surface area (Å²) < 4.78 is 26.6. The van der Waals surface area contributed by atoms with E-state index in [2.05, 4.69) is 4.74 Å². The van der Waals surface area contributed by atoms with Gasteiger partial charge in [0.2, 0.25) is 15.9 Å². The average molecular weight is 262 g/mol. The fraction of sp³-hybridized carbons (Fsp3) is 0.556. The molecule has 1 atom stereocenters. The van der Waals surface area contributed by atoms with Crippen LogP contribution in [-0.4, -0.2) is 44.1 Å². The van der Waals surface area contributed by atoms with E-state index in [1.165, 1.54) is 18.9 Å². The van der Waals surface area contributed by atoms with Crippen LogP contribution in [0.2, 0.25) is 0 Å². The zero-order valence-electron chi connectivity index (χ0n) is 9.54. The molecule has 0 aromatic carbocycles. The number of hydrogen-bond donors (Lipinski definition) is 1. The Morgan fingerprint density at radius 2 is 2.18 bits per heavy atom. The first kappa shape index (κ1) is 13.7. The minimum absolute atomic E-state index is 0.0308. The molecule has 1 aliphatic rings. The maximum atomic E-state index is 11.6. The van der Waals surface area contributed by atoms with Gasteiger partial charge in [-0.3, -0.25) is 4.79 Å². The standard InChI is InChI=1S/C9H14N2O5S/c1-6(3-9(13)16-2)11-5-7(4-8(11)12)17(10,14)15/h3,7H,4-5H2,1-2H3,(H2,10,14,15). The van der Waals surface area contributed by atoms with Gasteiger partial charge >= 0.3 is 5.97 Å². The van der Waals surface area contributed by atoms with Crippen molar-refractivity contribution in [1.82, 2.24) is 4.90 Å². The molecular formula is C9H14N2O5S. The predicted octanol–water partition coefficient (Wildman–Crippen LogP) is -1.05. The van der Waals surface area contributed by atoms with E-state index in [4.69, 9.17) is 5.14 Å². The number of nitrogens with zero attached hydrogens (tertiary/aromatic N) is 1. The van der Waals surface area contributed by atoms with E-state index in [0.29, 0.717) is 5.70 Å². The SMILES string of the molecule is COC(=O)C=C(C)N1CC(S(N)(=O)=O)CC1=O. The molecule has 0 radical (unpaired) electrons. The molecule has 0 aromatic heterocycles. The van der Waals surface area contributed by atoms with Crippen molar-refractivity contribution in [2.45, 2.75) is 18.6 Å². The zero-order chi connectivity index (χ0) is 13.2. The van der Waals surface area contributed by atoms with Crippen molar-refractivity contribution >= 4 is 21.9 Å². The molecule has 0 saturated carbocycles. The lowest BCUT2D eigenvalue weighted by Gasteiger charge is -2.16. The van der Waals surface area contributed by atoms with E-state index in [1.54, 1.807) is 0 Å². The van der Waals surface area contributed by atoms with E-state index >= 15 is 0 Å². The first-order chi connectivity index (χ1) is 7.75. The summed E-state index contributed by atoms with van der Waals surface area (Å²) in [5.74, 6) is -0.976. The lowest BCUT2D eigenvalue weighted by molar-refractivity contribution is -0.135. The van der Waals surface area contributed by atoms with Gasteiger partial charge in [0.05, 0.1) is 7.11 Å². The number of likely N-dealkylation sites (tertiary alicyclic amines) is 1. The van der Waals surface area contributed by atoms with E-state index in [1.807, 2.05) is 0 Å². The van der Waals surface area contributed by atoms with Crippen LogP contribution in [0.15, 0.2) is 11.8 Å². The molecule has 1 saturated heterocycles. The fourth-order valence-corrected chi connectivity index (χ4v) is 2.27. The first-order valence-corrected chi connectivity index (χ1v) is 6.45. The minimum atomic E-state index is -3.74. The smallest absolute Gasteiger partial charge is 0.332 e. The number of amides is 1. The van der Waals surface area contributed by atoms with Crippen LogP contribution in [0.25, 0.3) is 0 Å². The molecule has 96 valence electrons. The highest BCUT2D eigenvalue weighted by atomic mass is 32.2. The number of primary sulfonamides is 1. The van der Waals surface area contributed by atoms with Crippen molar-refractivity contribution < 1.29 is 22.7 Å². The third-order valence-electron chi connectivity index (χ3n) is 2.51. The van der Waals surface area contributed by atoms with Crippen molar-refractivity contribution in [3.8, 4) is 0 Å². The van der Waals surface area contributed by atoms with Gasteiger partial charge < -0.3 is 9.64 Å². The highest BCUT2D eigenvalue weighted by Crippen LogP contribution is 2.20. The summed E-state index contributed by atoms with van der Waals surface area (Å²) in [4.78, 5) is 23.8. The molecule has 0 aliphatic carbocycles. The minimum Gasteiger partial charge on any atom is -0.466 e. The van der Waals surface area contributed by atoms with E-state index in [-0.39, 0.29) is 18.9 Å². The lowest BCUT2D eigenvalue weighted by Crippen LogP contribution is -2.31. The molecule has 2 N–H and O–H groups in total. The number of ether oxygens (including phenoxy) is 1. The van der Waals surface area contributed by atoms with Crippen LogP contribution in [0.5, 0.6) is 0 Å². The Morgan fingerprint density at radius 1 is 1.59 bits per heavy atom. The average Bonchev–Trinajstić information content (AvgIpc) is 2.59. The molecular weight excluding hydrogens is 248 g/mol. The summed E-state index contributed by atoms with van der Waals surface area (Å²) in [5.41, 5.74) is 0.341. The number of esters is 1. The van der Waals surface area contributed by atoms with Crippen molar-refractivity contribution in [3.63, 3.8) is 0 Å². The van der Waals surface area contributed by atoms with Crippen LogP contribution in [0.4, 0.5) is 0 Å². The van der Waals surface area contributed by atoms with Crippen LogP contribution in [0, 0.1) is 0 Å². The molecule has 0 aromatic rings. The Hall–Kier alpha value is -1.41. The molecule has 1 unspecified atom stereocenters. The van der Waals surface area contributed by atoms with Gasteiger partial charge in [-0.25, -0.2) is 18.4 Å². The second-order valence-corrected chi connectivity index (χ2v) is 5.57. The van der Waals surface area contributed by atoms with Crippen LogP contribution >= 0.6 is 0 Å². The first-order valence-electron chi connectivity index (χ1n) is 4.84. The van der Waals surface area contributed by atoms with Gasteiger partial charge in [0.1, 0.15) is 5.25 Å². The quantitative estimate of drug-likeness (QED) is 0.516. The summed E-state index contributed by atoms with van der Waals surface area (Å²) >= 11 is 0. The van der Waals surface area contributed by atoms with Crippen molar-refractivity contribution in [1.29, 1.82) is 0 Å². The number of sulfonamides is 1. The molecule has 1 fully saturated rings.